The highest BCUT2D eigenvalue weighted by Crippen LogP contribution is 2.30. The van der Waals surface area contributed by atoms with Crippen LogP contribution in [0, 0.1) is 0 Å². The second kappa shape index (κ2) is 6.09. The highest BCUT2D eigenvalue weighted by molar-refractivity contribution is 7.99. The van der Waals surface area contributed by atoms with Crippen molar-refractivity contribution in [3.63, 3.8) is 0 Å². The molecule has 3 N–H and O–H groups in total. The Labute approximate surface area is 115 Å². The first kappa shape index (κ1) is 13.9. The van der Waals surface area contributed by atoms with Gasteiger partial charge in [0.05, 0.1) is 0 Å². The Morgan fingerprint density at radius 1 is 1.39 bits per heavy atom. The molecule has 0 spiro atoms. The van der Waals surface area contributed by atoms with Crippen molar-refractivity contribution in [2.75, 3.05) is 18.8 Å². The molecule has 0 saturated heterocycles. The molecule has 0 radical (unpaired) electrons. The third kappa shape index (κ3) is 3.74. The lowest BCUT2D eigenvalue weighted by Crippen LogP contribution is -2.46. The van der Waals surface area contributed by atoms with Crippen LogP contribution in [-0.4, -0.2) is 24.4 Å². The summed E-state index contributed by atoms with van der Waals surface area (Å²) in [5, 5.41) is 3.51. The number of fused-ring (bicyclic) bond motifs is 1. The lowest BCUT2D eigenvalue weighted by Gasteiger charge is -2.24. The van der Waals surface area contributed by atoms with Crippen molar-refractivity contribution >= 4 is 11.8 Å². The van der Waals surface area contributed by atoms with E-state index in [0.29, 0.717) is 6.54 Å². The summed E-state index contributed by atoms with van der Waals surface area (Å²) < 4.78 is 0. The van der Waals surface area contributed by atoms with Crippen LogP contribution in [0.25, 0.3) is 0 Å². The fraction of sp³-hybridized carbons (Fsp3) is 0.600. The van der Waals surface area contributed by atoms with Crippen molar-refractivity contribution < 1.29 is 0 Å². The van der Waals surface area contributed by atoms with E-state index < -0.39 is 0 Å². The lowest BCUT2D eigenvalue weighted by atomic mass is 10.0. The molecule has 3 heteroatoms. The average Bonchev–Trinajstić information content (AvgIpc) is 2.38. The molecule has 100 valence electrons. The Morgan fingerprint density at radius 2 is 2.22 bits per heavy atom. The first-order chi connectivity index (χ1) is 8.61. The van der Waals surface area contributed by atoms with Crippen LogP contribution in [0.1, 0.15) is 31.4 Å². The molecule has 1 aliphatic heterocycles. The Bertz CT molecular complexity index is 401. The summed E-state index contributed by atoms with van der Waals surface area (Å²) in [6, 6.07) is 6.95. The summed E-state index contributed by atoms with van der Waals surface area (Å²) in [7, 11) is 0. The van der Waals surface area contributed by atoms with Crippen LogP contribution in [0.2, 0.25) is 0 Å². The third-order valence-electron chi connectivity index (χ3n) is 3.50. The molecule has 1 aromatic rings. The maximum atomic E-state index is 5.71. The predicted octanol–water partition coefficient (Wildman–Crippen LogP) is 2.59. The largest absolute Gasteiger partial charge is 0.329 e. The molecular weight excluding hydrogens is 240 g/mol. The molecule has 1 aromatic carbocycles. The number of aryl methyl sites for hydroxylation is 1. The number of thioether (sulfide) groups is 1. The molecule has 0 unspecified atom stereocenters. The number of rotatable bonds is 5. The van der Waals surface area contributed by atoms with Crippen LogP contribution in [0.4, 0.5) is 0 Å². The van der Waals surface area contributed by atoms with Crippen LogP contribution in [0.15, 0.2) is 23.1 Å². The van der Waals surface area contributed by atoms with Gasteiger partial charge in [0.2, 0.25) is 0 Å². The number of hydrogen-bond donors (Lipinski definition) is 2. The molecule has 2 rings (SSSR count). The zero-order valence-electron chi connectivity index (χ0n) is 11.5. The van der Waals surface area contributed by atoms with E-state index in [2.05, 4.69) is 37.4 Å². The zero-order valence-corrected chi connectivity index (χ0v) is 12.3. The topological polar surface area (TPSA) is 38.0 Å². The fourth-order valence-electron chi connectivity index (χ4n) is 2.19. The van der Waals surface area contributed by atoms with Gasteiger partial charge >= 0.3 is 0 Å². The van der Waals surface area contributed by atoms with Crippen molar-refractivity contribution in [1.29, 1.82) is 0 Å². The Hall–Kier alpha value is -0.510. The highest BCUT2D eigenvalue weighted by atomic mass is 32.2. The Balaban J connectivity index is 1.90. The fourth-order valence-corrected chi connectivity index (χ4v) is 3.21. The van der Waals surface area contributed by atoms with Gasteiger partial charge in [-0.15, -0.1) is 11.8 Å². The van der Waals surface area contributed by atoms with Gasteiger partial charge in [0, 0.05) is 17.0 Å². The Morgan fingerprint density at radius 3 is 3.00 bits per heavy atom. The molecule has 18 heavy (non-hydrogen) atoms. The minimum Gasteiger partial charge on any atom is -0.329 e. The number of nitrogens with one attached hydrogen (secondary N) is 1. The van der Waals surface area contributed by atoms with Crippen LogP contribution in [0.3, 0.4) is 0 Å². The van der Waals surface area contributed by atoms with Crippen molar-refractivity contribution in [2.45, 2.75) is 43.5 Å². The minimum absolute atomic E-state index is 0.0457. The average molecular weight is 264 g/mol. The molecule has 1 aliphatic rings. The smallest absolute Gasteiger partial charge is 0.0247 e. The molecule has 0 bridgehead atoms. The van der Waals surface area contributed by atoms with Crippen molar-refractivity contribution in [1.82, 2.24) is 5.32 Å². The second-order valence-corrected chi connectivity index (χ2v) is 6.80. The molecule has 0 saturated carbocycles. The highest BCUT2D eigenvalue weighted by Gasteiger charge is 2.14. The molecule has 2 nitrogen and oxygen atoms in total. The Kier molecular flexibility index (Phi) is 4.71. The van der Waals surface area contributed by atoms with Crippen LogP contribution >= 0.6 is 11.8 Å². The van der Waals surface area contributed by atoms with Crippen LogP contribution in [0.5, 0.6) is 0 Å². The molecule has 1 heterocycles. The lowest BCUT2D eigenvalue weighted by molar-refractivity contribution is 0.402. The predicted molar refractivity (Wildman–Crippen MR) is 80.3 cm³/mol. The second-order valence-electron chi connectivity index (χ2n) is 5.66. The number of benzene rings is 1. The SMILES string of the molecule is CC(C)(CN)NCCc1ccc2c(c1)CCCS2. The third-order valence-corrected chi connectivity index (χ3v) is 4.70. The standard InChI is InChI=1S/C15H24N2S/c1-15(2,11-16)17-8-7-12-5-6-14-13(10-12)4-3-9-18-14/h5-6,10,17H,3-4,7-9,11,16H2,1-2H3. The quantitative estimate of drug-likeness (QED) is 0.858. The molecule has 0 aromatic heterocycles. The van der Waals surface area contributed by atoms with Gasteiger partial charge in [0.1, 0.15) is 0 Å². The molecule has 0 atom stereocenters. The van der Waals surface area contributed by atoms with Gasteiger partial charge in [0.25, 0.3) is 0 Å². The summed E-state index contributed by atoms with van der Waals surface area (Å²) in [6.45, 7) is 5.97. The maximum Gasteiger partial charge on any atom is 0.0247 e. The first-order valence-electron chi connectivity index (χ1n) is 6.80. The van der Waals surface area contributed by atoms with Gasteiger partial charge in [-0.25, -0.2) is 0 Å². The maximum absolute atomic E-state index is 5.71. The summed E-state index contributed by atoms with van der Waals surface area (Å²) >= 11 is 2.00. The van der Waals surface area contributed by atoms with Gasteiger partial charge in [-0.05, 0) is 62.6 Å². The minimum atomic E-state index is 0.0457. The van der Waals surface area contributed by atoms with E-state index in [4.69, 9.17) is 5.73 Å². The van der Waals surface area contributed by atoms with E-state index in [1.54, 1.807) is 5.56 Å². The van der Waals surface area contributed by atoms with E-state index in [9.17, 15) is 0 Å². The number of hydrogen-bond acceptors (Lipinski definition) is 3. The van der Waals surface area contributed by atoms with Gasteiger partial charge in [0.15, 0.2) is 0 Å². The summed E-state index contributed by atoms with van der Waals surface area (Å²) in [6.07, 6.45) is 3.65. The normalized spacial score (nSPS) is 15.5. The van der Waals surface area contributed by atoms with E-state index >= 15 is 0 Å². The summed E-state index contributed by atoms with van der Waals surface area (Å²) in [5.74, 6) is 1.28. The van der Waals surface area contributed by atoms with E-state index in [-0.39, 0.29) is 5.54 Å². The van der Waals surface area contributed by atoms with Gasteiger partial charge in [-0.2, -0.15) is 0 Å². The van der Waals surface area contributed by atoms with E-state index in [1.165, 1.54) is 29.1 Å². The zero-order chi connectivity index (χ0) is 13.0. The molecule has 0 aliphatic carbocycles. The monoisotopic (exact) mass is 264 g/mol. The van der Waals surface area contributed by atoms with Crippen molar-refractivity contribution in [3.05, 3.63) is 29.3 Å². The van der Waals surface area contributed by atoms with Gasteiger partial charge < -0.3 is 11.1 Å². The number of nitrogens with two attached hydrogens (primary N) is 1. The summed E-state index contributed by atoms with van der Waals surface area (Å²) in [5.41, 5.74) is 8.74. The van der Waals surface area contributed by atoms with Crippen molar-refractivity contribution in [3.8, 4) is 0 Å². The van der Waals surface area contributed by atoms with Crippen molar-refractivity contribution in [2.24, 2.45) is 5.73 Å². The van der Waals surface area contributed by atoms with E-state index in [0.717, 1.165) is 13.0 Å². The molecule has 0 fully saturated rings. The molecule has 0 amide bonds. The van der Waals surface area contributed by atoms with Gasteiger partial charge in [-0.1, -0.05) is 12.1 Å². The van der Waals surface area contributed by atoms with Gasteiger partial charge in [-0.3, -0.25) is 0 Å². The van der Waals surface area contributed by atoms with Crippen LogP contribution < -0.4 is 11.1 Å². The molecular formula is C15H24N2S. The van der Waals surface area contributed by atoms with E-state index in [1.807, 2.05) is 11.8 Å². The summed E-state index contributed by atoms with van der Waals surface area (Å²) in [4.78, 5) is 1.49. The first-order valence-corrected chi connectivity index (χ1v) is 7.79. The van der Waals surface area contributed by atoms with Crippen LogP contribution in [-0.2, 0) is 12.8 Å².